The van der Waals surface area contributed by atoms with Crippen LogP contribution in [-0.4, -0.2) is 16.2 Å². The van der Waals surface area contributed by atoms with Gasteiger partial charge in [0, 0.05) is 0 Å². The molecule has 1 fully saturated rings. The van der Waals surface area contributed by atoms with Gasteiger partial charge in [-0.15, -0.1) is 0 Å². The zero-order valence-corrected chi connectivity index (χ0v) is 16.4. The average molecular weight is 378 g/mol. The van der Waals surface area contributed by atoms with Crippen LogP contribution < -0.4 is 5.32 Å². The normalized spacial score (nSPS) is 17.4. The zero-order chi connectivity index (χ0) is 19.4. The maximum Gasteiger partial charge on any atom is 0.289 e. The first kappa shape index (κ1) is 19.0. The third-order valence-corrected chi connectivity index (χ3v) is 5.03. The molecule has 0 radical (unpaired) electrons. The number of nitrogens with one attached hydrogen (secondary N) is 1. The molecule has 1 heterocycles. The number of hydrogen-bond acceptors (Lipinski definition) is 4. The van der Waals surface area contributed by atoms with Crippen LogP contribution in [0, 0.1) is 6.92 Å². The Kier molecular flexibility index (Phi) is 5.81. The molecule has 0 bridgehead atoms. The van der Waals surface area contributed by atoms with Gasteiger partial charge in [-0.3, -0.25) is 4.79 Å². The van der Waals surface area contributed by atoms with Gasteiger partial charge in [0.1, 0.15) is 11.6 Å². The quantitative estimate of drug-likeness (QED) is 0.695. The zero-order valence-electron chi connectivity index (χ0n) is 15.6. The monoisotopic (exact) mass is 378 g/mol. The maximum absolute atomic E-state index is 11.9. The number of amides is 1. The number of carbonyl (C=O) groups excluding carboxylic acids is 1. The number of nitrogens with zero attached hydrogens (tertiary/aromatic N) is 1. The first-order valence-corrected chi connectivity index (χ1v) is 9.60. The summed E-state index contributed by atoms with van der Waals surface area (Å²) in [6.07, 6.45) is 5.78. The number of phenolic OH excluding ortho intramolecular Hbond substituents is 1. The van der Waals surface area contributed by atoms with Crippen LogP contribution in [0.3, 0.4) is 0 Å². The molecule has 2 N–H and O–H groups in total. The van der Waals surface area contributed by atoms with E-state index in [4.69, 9.17) is 0 Å². The second kappa shape index (κ2) is 8.27. The lowest BCUT2D eigenvalue weighted by Gasteiger charge is -2.11. The first-order valence-electron chi connectivity index (χ1n) is 8.79. The van der Waals surface area contributed by atoms with E-state index in [1.54, 1.807) is 6.07 Å². The van der Waals surface area contributed by atoms with Crippen LogP contribution >= 0.6 is 11.8 Å². The molecule has 0 unspecified atom stereocenters. The molecule has 3 rings (SSSR count). The Labute approximate surface area is 163 Å². The summed E-state index contributed by atoms with van der Waals surface area (Å²) in [5.74, 6) is 0.991. The number of carbonyl (C=O) groups is 1. The Morgan fingerprint density at radius 2 is 1.93 bits per heavy atom. The van der Waals surface area contributed by atoms with Gasteiger partial charge in [-0.2, -0.15) is 0 Å². The lowest BCUT2D eigenvalue weighted by molar-refractivity contribution is 0.265. The second-order valence-electron chi connectivity index (χ2n) is 6.63. The van der Waals surface area contributed by atoms with Crippen molar-refractivity contribution >= 4 is 34.6 Å². The van der Waals surface area contributed by atoms with Crippen LogP contribution in [0.4, 0.5) is 10.5 Å². The van der Waals surface area contributed by atoms with E-state index in [1.807, 2.05) is 75.4 Å². The number of aliphatic imine (C=N–C) groups is 1. The summed E-state index contributed by atoms with van der Waals surface area (Å²) in [5.41, 5.74) is 3.53. The Hall–Kier alpha value is -2.79. The van der Waals surface area contributed by atoms with Crippen molar-refractivity contribution in [1.29, 1.82) is 0 Å². The molecule has 1 aliphatic rings. The largest absolute Gasteiger partial charge is 0.508 e. The predicted molar refractivity (Wildman–Crippen MR) is 114 cm³/mol. The molecule has 0 atom stereocenters. The summed E-state index contributed by atoms with van der Waals surface area (Å²) in [6.45, 7) is 5.94. The molecule has 0 aromatic heterocycles. The van der Waals surface area contributed by atoms with Gasteiger partial charge in [0.2, 0.25) is 0 Å². The number of aryl methyl sites for hydroxylation is 1. The fraction of sp³-hybridized carbons (Fsp3) is 0.182. The Morgan fingerprint density at radius 1 is 1.19 bits per heavy atom. The minimum absolute atomic E-state index is 0.145. The maximum atomic E-state index is 11.9. The summed E-state index contributed by atoms with van der Waals surface area (Å²) in [4.78, 5) is 17.3. The van der Waals surface area contributed by atoms with Crippen molar-refractivity contribution in [2.75, 3.05) is 0 Å². The van der Waals surface area contributed by atoms with Crippen LogP contribution in [0.5, 0.6) is 5.75 Å². The highest BCUT2D eigenvalue weighted by Gasteiger charge is 2.23. The summed E-state index contributed by atoms with van der Waals surface area (Å²) in [6, 6.07) is 13.6. The van der Waals surface area contributed by atoms with Crippen LogP contribution in [0.2, 0.25) is 0 Å². The number of aromatic hydroxyl groups is 1. The van der Waals surface area contributed by atoms with Gasteiger partial charge < -0.3 is 10.4 Å². The number of allylic oxidation sites excluding steroid dienone is 2. The predicted octanol–water partition coefficient (Wildman–Crippen LogP) is 5.91. The van der Waals surface area contributed by atoms with Crippen molar-refractivity contribution in [3.63, 3.8) is 0 Å². The molecular formula is C22H22N2O2S. The van der Waals surface area contributed by atoms with Crippen LogP contribution in [0.1, 0.15) is 36.5 Å². The molecular weight excluding hydrogens is 356 g/mol. The van der Waals surface area contributed by atoms with E-state index in [-0.39, 0.29) is 16.9 Å². The lowest BCUT2D eigenvalue weighted by atomic mass is 9.99. The molecule has 138 valence electrons. The Balaban J connectivity index is 1.92. The van der Waals surface area contributed by atoms with Gasteiger partial charge in [0.15, 0.2) is 0 Å². The molecule has 1 aliphatic heterocycles. The number of phenols is 1. The number of benzene rings is 2. The van der Waals surface area contributed by atoms with Gasteiger partial charge in [0.25, 0.3) is 5.24 Å². The van der Waals surface area contributed by atoms with Gasteiger partial charge in [-0.1, -0.05) is 56.3 Å². The molecule has 0 aliphatic carbocycles. The molecule has 4 nitrogen and oxygen atoms in total. The molecule has 0 spiro atoms. The average Bonchev–Trinajstić information content (AvgIpc) is 2.97. The van der Waals surface area contributed by atoms with E-state index in [0.717, 1.165) is 39.0 Å². The molecule has 27 heavy (non-hydrogen) atoms. The smallest absolute Gasteiger partial charge is 0.289 e. The van der Waals surface area contributed by atoms with Gasteiger partial charge in [0.05, 0.1) is 10.6 Å². The van der Waals surface area contributed by atoms with E-state index in [0.29, 0.717) is 5.84 Å². The van der Waals surface area contributed by atoms with Crippen LogP contribution in [0.25, 0.3) is 6.08 Å². The molecule has 1 saturated heterocycles. The minimum atomic E-state index is -0.145. The number of amidine groups is 1. The van der Waals surface area contributed by atoms with E-state index in [2.05, 4.69) is 10.3 Å². The first-order chi connectivity index (χ1) is 12.9. The van der Waals surface area contributed by atoms with Gasteiger partial charge in [-0.25, -0.2) is 4.99 Å². The second-order valence-corrected chi connectivity index (χ2v) is 7.64. The lowest BCUT2D eigenvalue weighted by Crippen LogP contribution is -2.18. The summed E-state index contributed by atoms with van der Waals surface area (Å²) in [7, 11) is 0. The standard InChI is InChI=1S/C22H22N2O2S/c1-14(2)17-13-18(15(3)12-19(17)25)23-21-20(27-22(26)24-21)11-7-10-16-8-5-4-6-9-16/h4-14,25H,1-3H3,(H,23,24,26)/b10-7+,20-11-. The third kappa shape index (κ3) is 4.68. The number of hydrogen-bond donors (Lipinski definition) is 2. The van der Waals surface area contributed by atoms with E-state index in [1.165, 1.54) is 0 Å². The highest BCUT2D eigenvalue weighted by molar-refractivity contribution is 8.18. The van der Waals surface area contributed by atoms with E-state index in [9.17, 15) is 9.90 Å². The van der Waals surface area contributed by atoms with Crippen molar-refractivity contribution < 1.29 is 9.90 Å². The topological polar surface area (TPSA) is 61.7 Å². The van der Waals surface area contributed by atoms with Crippen molar-refractivity contribution in [2.24, 2.45) is 4.99 Å². The van der Waals surface area contributed by atoms with E-state index < -0.39 is 0 Å². The fourth-order valence-corrected chi connectivity index (χ4v) is 3.43. The summed E-state index contributed by atoms with van der Waals surface area (Å²) in [5, 5.41) is 12.8. The third-order valence-electron chi connectivity index (χ3n) is 4.19. The van der Waals surface area contributed by atoms with Crippen LogP contribution in [0.15, 0.2) is 64.5 Å². The van der Waals surface area contributed by atoms with E-state index >= 15 is 0 Å². The van der Waals surface area contributed by atoms with Gasteiger partial charge in [-0.05, 0) is 59.5 Å². The highest BCUT2D eigenvalue weighted by Crippen LogP contribution is 2.34. The van der Waals surface area contributed by atoms with Crippen molar-refractivity contribution in [3.8, 4) is 5.75 Å². The number of thioether (sulfide) groups is 1. The highest BCUT2D eigenvalue weighted by atomic mass is 32.2. The fourth-order valence-electron chi connectivity index (χ4n) is 2.74. The van der Waals surface area contributed by atoms with Crippen molar-refractivity contribution in [1.82, 2.24) is 5.32 Å². The number of rotatable bonds is 4. The molecule has 2 aromatic carbocycles. The molecule has 5 heteroatoms. The Morgan fingerprint density at radius 3 is 2.63 bits per heavy atom. The summed E-state index contributed by atoms with van der Waals surface area (Å²) < 4.78 is 0. The summed E-state index contributed by atoms with van der Waals surface area (Å²) >= 11 is 1.13. The minimum Gasteiger partial charge on any atom is -0.508 e. The SMILES string of the molecule is Cc1cc(O)c(C(C)C)cc1N=C1NC(=O)S/C1=C\C=C\c1ccccc1. The molecule has 2 aromatic rings. The Bertz CT molecular complexity index is 944. The van der Waals surface area contributed by atoms with Gasteiger partial charge >= 0.3 is 0 Å². The van der Waals surface area contributed by atoms with Crippen molar-refractivity contribution in [3.05, 3.63) is 76.2 Å². The molecule has 1 amide bonds. The van der Waals surface area contributed by atoms with Crippen LogP contribution in [-0.2, 0) is 0 Å². The molecule has 0 saturated carbocycles. The van der Waals surface area contributed by atoms with Crippen molar-refractivity contribution in [2.45, 2.75) is 26.7 Å².